The maximum absolute atomic E-state index is 12.3. The Kier molecular flexibility index (Phi) is 8.29. The Hall–Kier alpha value is -2.31. The highest BCUT2D eigenvalue weighted by atomic mass is 35.5. The first kappa shape index (κ1) is 23.0. The van der Waals surface area contributed by atoms with Gasteiger partial charge >= 0.3 is 6.03 Å². The van der Waals surface area contributed by atoms with E-state index in [1.165, 1.54) is 18.2 Å². The molecule has 3 N–H and O–H groups in total. The van der Waals surface area contributed by atoms with E-state index in [1.54, 1.807) is 6.07 Å². The summed E-state index contributed by atoms with van der Waals surface area (Å²) in [5.74, 6) is 0.812. The molecular formula is C16H22ClN7O3S2. The number of anilines is 2. The first-order valence-electron chi connectivity index (χ1n) is 8.79. The molecule has 0 unspecified atom stereocenters. The van der Waals surface area contributed by atoms with Crippen LogP contribution in [0.25, 0.3) is 0 Å². The van der Waals surface area contributed by atoms with Crippen LogP contribution in [0.1, 0.15) is 20.8 Å². The van der Waals surface area contributed by atoms with Crippen LogP contribution in [0, 0.1) is 0 Å². The number of rotatable bonds is 9. The third kappa shape index (κ3) is 6.34. The van der Waals surface area contributed by atoms with Crippen molar-refractivity contribution in [2.24, 2.45) is 0 Å². The largest absolute Gasteiger partial charge is 0.354 e. The average Bonchev–Trinajstić information content (AvgIpc) is 2.67. The third-order valence-corrected chi connectivity index (χ3v) is 6.06. The van der Waals surface area contributed by atoms with E-state index in [4.69, 9.17) is 11.6 Å². The molecule has 2 aromatic rings. The van der Waals surface area contributed by atoms with Gasteiger partial charge in [0.2, 0.25) is 17.1 Å². The lowest BCUT2D eigenvalue weighted by Crippen LogP contribution is -2.36. The minimum Gasteiger partial charge on any atom is -0.354 e. The second-order valence-corrected chi connectivity index (χ2v) is 8.34. The van der Waals surface area contributed by atoms with Crippen molar-refractivity contribution in [3.05, 3.63) is 29.3 Å². The fourth-order valence-corrected chi connectivity index (χ4v) is 4.22. The van der Waals surface area contributed by atoms with Gasteiger partial charge in [0, 0.05) is 31.6 Å². The van der Waals surface area contributed by atoms with Crippen LogP contribution in [0.5, 0.6) is 0 Å². The Morgan fingerprint density at radius 1 is 1.14 bits per heavy atom. The molecule has 0 bridgehead atoms. The van der Waals surface area contributed by atoms with Crippen molar-refractivity contribution in [3.8, 4) is 0 Å². The maximum Gasteiger partial charge on any atom is 0.339 e. The van der Waals surface area contributed by atoms with Gasteiger partial charge in [-0.3, -0.25) is 4.72 Å². The summed E-state index contributed by atoms with van der Waals surface area (Å²) in [6.45, 7) is 7.84. The molecule has 1 aromatic carbocycles. The van der Waals surface area contributed by atoms with Crippen LogP contribution in [0.4, 0.5) is 16.7 Å². The van der Waals surface area contributed by atoms with Crippen molar-refractivity contribution in [1.82, 2.24) is 24.4 Å². The first-order chi connectivity index (χ1) is 13.8. The number of nitrogens with zero attached hydrogens (tertiary/aromatic N) is 4. The van der Waals surface area contributed by atoms with E-state index in [0.29, 0.717) is 31.5 Å². The molecule has 0 spiro atoms. The number of benzene rings is 1. The Labute approximate surface area is 179 Å². The number of amides is 2. The van der Waals surface area contributed by atoms with Gasteiger partial charge in [-0.25, -0.2) is 17.9 Å². The van der Waals surface area contributed by atoms with Crippen LogP contribution in [-0.2, 0) is 10.0 Å². The second-order valence-electron chi connectivity index (χ2n) is 5.51. The molecule has 1 heterocycles. The molecular weight excluding hydrogens is 438 g/mol. The maximum atomic E-state index is 12.3. The minimum atomic E-state index is -4.12. The lowest BCUT2D eigenvalue weighted by Gasteiger charge is -2.19. The first-order valence-corrected chi connectivity index (χ1v) is 11.5. The summed E-state index contributed by atoms with van der Waals surface area (Å²) in [6, 6.07) is 4.87. The smallest absolute Gasteiger partial charge is 0.339 e. The normalized spacial score (nSPS) is 11.0. The highest BCUT2D eigenvalue weighted by Gasteiger charge is 2.21. The second kappa shape index (κ2) is 10.5. The van der Waals surface area contributed by atoms with Gasteiger partial charge in [-0.2, -0.15) is 15.0 Å². The molecule has 13 heteroatoms. The summed E-state index contributed by atoms with van der Waals surface area (Å²) in [6.07, 6.45) is 0. The number of sulfonamides is 1. The van der Waals surface area contributed by atoms with Gasteiger partial charge in [-0.1, -0.05) is 23.7 Å². The Morgan fingerprint density at radius 2 is 1.83 bits per heavy atom. The molecule has 10 nitrogen and oxygen atoms in total. The summed E-state index contributed by atoms with van der Waals surface area (Å²) in [5.41, 5.74) is 0. The molecule has 2 amide bonds. The number of hydrogen-bond acceptors (Lipinski definition) is 9. The number of carbonyl (C=O) groups is 1. The van der Waals surface area contributed by atoms with Crippen LogP contribution in [-0.4, -0.2) is 49.0 Å². The van der Waals surface area contributed by atoms with Gasteiger partial charge in [-0.15, -0.1) is 0 Å². The monoisotopic (exact) mass is 459 g/mol. The minimum absolute atomic E-state index is 0.0112. The molecule has 158 valence electrons. The van der Waals surface area contributed by atoms with Crippen molar-refractivity contribution in [2.75, 3.05) is 29.9 Å². The molecule has 0 atom stereocenters. The quantitative estimate of drug-likeness (QED) is 0.484. The predicted octanol–water partition coefficient (Wildman–Crippen LogP) is 2.50. The number of nitrogens with one attached hydrogen (secondary N) is 3. The third-order valence-electron chi connectivity index (χ3n) is 3.57. The molecule has 0 aliphatic heterocycles. The SMILES string of the molecule is CCNc1nc(SNC(=O)NS(=O)(=O)c2ccccc2Cl)nc(N(CC)CC)n1. The van der Waals surface area contributed by atoms with Crippen molar-refractivity contribution in [3.63, 3.8) is 0 Å². The zero-order valence-corrected chi connectivity index (χ0v) is 18.5. The fourth-order valence-electron chi connectivity index (χ4n) is 2.23. The van der Waals surface area contributed by atoms with E-state index < -0.39 is 16.1 Å². The topological polar surface area (TPSA) is 129 Å². The average molecular weight is 460 g/mol. The highest BCUT2D eigenvalue weighted by molar-refractivity contribution is 7.98. The summed E-state index contributed by atoms with van der Waals surface area (Å²) >= 11 is 6.66. The Bertz CT molecular complexity index is 955. The van der Waals surface area contributed by atoms with Crippen LogP contribution in [0.15, 0.2) is 34.3 Å². The van der Waals surface area contributed by atoms with Crippen LogP contribution < -0.4 is 19.7 Å². The van der Waals surface area contributed by atoms with Crippen molar-refractivity contribution >= 4 is 51.5 Å². The molecule has 1 aromatic heterocycles. The molecule has 0 aliphatic carbocycles. The van der Waals surface area contributed by atoms with Gasteiger partial charge < -0.3 is 10.2 Å². The molecule has 0 fully saturated rings. The highest BCUT2D eigenvalue weighted by Crippen LogP contribution is 2.20. The van der Waals surface area contributed by atoms with E-state index in [2.05, 4.69) is 25.0 Å². The van der Waals surface area contributed by atoms with Gasteiger partial charge in [0.15, 0.2) is 0 Å². The van der Waals surface area contributed by atoms with Gasteiger partial charge in [0.05, 0.1) is 5.02 Å². The molecule has 0 saturated carbocycles. The van der Waals surface area contributed by atoms with Gasteiger partial charge in [-0.05, 0) is 32.9 Å². The molecule has 0 radical (unpaired) electrons. The lowest BCUT2D eigenvalue weighted by atomic mass is 10.4. The zero-order chi connectivity index (χ0) is 21.4. The van der Waals surface area contributed by atoms with Crippen LogP contribution in [0.2, 0.25) is 5.02 Å². The summed E-state index contributed by atoms with van der Waals surface area (Å²) in [5, 5.41) is 3.23. The lowest BCUT2D eigenvalue weighted by molar-refractivity contribution is 0.251. The summed E-state index contributed by atoms with van der Waals surface area (Å²) in [7, 11) is -4.12. The van der Waals surface area contributed by atoms with Crippen molar-refractivity contribution in [1.29, 1.82) is 0 Å². The van der Waals surface area contributed by atoms with Crippen molar-refractivity contribution in [2.45, 2.75) is 30.8 Å². The number of halogens is 1. The van der Waals surface area contributed by atoms with Crippen LogP contribution >= 0.6 is 23.5 Å². The standard InChI is InChI=1S/C16H22ClN7O3S2/c1-4-18-13-19-14(24(5-2)6-3)21-16(20-13)28-22-15(25)23-29(26,27)12-10-8-7-9-11(12)17/h7-10H,4-6H2,1-3H3,(H2,22,23,25)(H,18,19,20,21). The number of carbonyl (C=O) groups excluding carboxylic acids is 1. The Balaban J connectivity index is 2.12. The van der Waals surface area contributed by atoms with E-state index in [9.17, 15) is 13.2 Å². The number of hydrogen-bond donors (Lipinski definition) is 3. The van der Waals surface area contributed by atoms with Crippen molar-refractivity contribution < 1.29 is 13.2 Å². The molecule has 29 heavy (non-hydrogen) atoms. The predicted molar refractivity (Wildman–Crippen MR) is 114 cm³/mol. The Morgan fingerprint density at radius 3 is 2.45 bits per heavy atom. The molecule has 0 saturated heterocycles. The zero-order valence-electron chi connectivity index (χ0n) is 16.1. The van der Waals surface area contributed by atoms with Gasteiger partial charge in [0.1, 0.15) is 4.90 Å². The molecule has 0 aliphatic rings. The van der Waals surface area contributed by atoms with Crippen LogP contribution in [0.3, 0.4) is 0 Å². The number of urea groups is 1. The van der Waals surface area contributed by atoms with Gasteiger partial charge in [0.25, 0.3) is 10.0 Å². The fraction of sp³-hybridized carbons (Fsp3) is 0.375. The summed E-state index contributed by atoms with van der Waals surface area (Å²) < 4.78 is 28.9. The van der Waals surface area contributed by atoms with E-state index >= 15 is 0 Å². The molecule has 2 rings (SSSR count). The van der Waals surface area contributed by atoms with E-state index in [0.717, 1.165) is 11.9 Å². The van der Waals surface area contributed by atoms with E-state index in [-0.39, 0.29) is 15.1 Å². The summed E-state index contributed by atoms with van der Waals surface area (Å²) in [4.78, 5) is 26.7. The number of aromatic nitrogens is 3. The van der Waals surface area contributed by atoms with E-state index in [1.807, 2.05) is 30.4 Å².